The van der Waals surface area contributed by atoms with Crippen molar-refractivity contribution in [1.29, 1.82) is 0 Å². The molecule has 0 fully saturated rings. The average molecular weight is 389 g/mol. The van der Waals surface area contributed by atoms with Crippen molar-refractivity contribution >= 4 is 21.8 Å². The van der Waals surface area contributed by atoms with Crippen molar-refractivity contribution in [3.05, 3.63) is 78.1 Å². The van der Waals surface area contributed by atoms with Gasteiger partial charge in [0.2, 0.25) is 15.8 Å². The van der Waals surface area contributed by atoms with Crippen LogP contribution in [0.25, 0.3) is 0 Å². The predicted octanol–water partition coefficient (Wildman–Crippen LogP) is 2.39. The van der Waals surface area contributed by atoms with Gasteiger partial charge in [-0.1, -0.05) is 0 Å². The van der Waals surface area contributed by atoms with Crippen LogP contribution in [0.3, 0.4) is 0 Å². The lowest BCUT2D eigenvalue weighted by molar-refractivity contribution is 0.0467. The van der Waals surface area contributed by atoms with Crippen LogP contribution in [0.1, 0.15) is 26.7 Å². The molecule has 0 aliphatic heterocycles. The summed E-state index contributed by atoms with van der Waals surface area (Å²) in [5.41, 5.74) is 0.118. The second-order valence-electron chi connectivity index (χ2n) is 5.40. The van der Waals surface area contributed by atoms with E-state index < -0.39 is 28.4 Å². The fourth-order valence-corrected chi connectivity index (χ4v) is 3.15. The van der Waals surface area contributed by atoms with Gasteiger partial charge in [0, 0.05) is 0 Å². The number of hydrogen-bond acceptors (Lipinski definition) is 7. The van der Waals surface area contributed by atoms with Gasteiger partial charge in [-0.3, -0.25) is 4.79 Å². The zero-order chi connectivity index (χ0) is 19.3. The van der Waals surface area contributed by atoms with E-state index >= 15 is 0 Å². The van der Waals surface area contributed by atoms with Gasteiger partial charge in [-0.15, -0.1) is 0 Å². The molecule has 0 atom stereocenters. The predicted molar refractivity (Wildman–Crippen MR) is 92.5 cm³/mol. The van der Waals surface area contributed by atoms with E-state index in [9.17, 15) is 18.0 Å². The number of nitrogens with one attached hydrogen (secondary N) is 1. The molecule has 1 N–H and O–H groups in total. The molecule has 2 aromatic heterocycles. The molecule has 3 aromatic rings. The van der Waals surface area contributed by atoms with Gasteiger partial charge in [0.15, 0.2) is 12.4 Å². The molecule has 9 heteroatoms. The molecule has 0 bridgehead atoms. The van der Waals surface area contributed by atoms with E-state index in [1.807, 2.05) is 0 Å². The van der Waals surface area contributed by atoms with E-state index in [0.717, 1.165) is 0 Å². The first-order valence-electron chi connectivity index (χ1n) is 7.81. The number of sulfonamides is 1. The van der Waals surface area contributed by atoms with Crippen LogP contribution in [0.15, 0.2) is 74.8 Å². The van der Waals surface area contributed by atoms with Crippen LogP contribution >= 0.6 is 0 Å². The van der Waals surface area contributed by atoms with Crippen molar-refractivity contribution in [1.82, 2.24) is 4.72 Å². The van der Waals surface area contributed by atoms with E-state index in [1.165, 1.54) is 42.9 Å². The van der Waals surface area contributed by atoms with Crippen LogP contribution in [0.4, 0.5) is 0 Å². The highest BCUT2D eigenvalue weighted by molar-refractivity contribution is 7.89. The summed E-state index contributed by atoms with van der Waals surface area (Å²) in [6.45, 7) is -0.467. The normalized spacial score (nSPS) is 11.3. The Morgan fingerprint density at radius 1 is 0.963 bits per heavy atom. The fourth-order valence-electron chi connectivity index (χ4n) is 2.16. The third-order valence-corrected chi connectivity index (χ3v) is 4.96. The highest BCUT2D eigenvalue weighted by Gasteiger charge is 2.17. The van der Waals surface area contributed by atoms with Gasteiger partial charge in [0.05, 0.1) is 29.5 Å². The first kappa shape index (κ1) is 18.6. The number of carbonyl (C=O) groups is 2. The van der Waals surface area contributed by atoms with Gasteiger partial charge in [0.1, 0.15) is 5.76 Å². The van der Waals surface area contributed by atoms with Crippen molar-refractivity contribution in [2.24, 2.45) is 0 Å². The summed E-state index contributed by atoms with van der Waals surface area (Å²) < 4.78 is 41.7. The molecule has 140 valence electrons. The van der Waals surface area contributed by atoms with Gasteiger partial charge in [-0.05, 0) is 48.5 Å². The number of benzene rings is 1. The van der Waals surface area contributed by atoms with Crippen LogP contribution in [0.5, 0.6) is 0 Å². The second kappa shape index (κ2) is 8.02. The minimum atomic E-state index is -3.76. The highest BCUT2D eigenvalue weighted by Crippen LogP contribution is 2.13. The summed E-state index contributed by atoms with van der Waals surface area (Å²) in [5.74, 6) is -0.663. The average Bonchev–Trinajstić information content (AvgIpc) is 3.38. The molecule has 3 rings (SSSR count). The van der Waals surface area contributed by atoms with Gasteiger partial charge < -0.3 is 13.6 Å². The van der Waals surface area contributed by atoms with Crippen molar-refractivity contribution in [3.63, 3.8) is 0 Å². The van der Waals surface area contributed by atoms with E-state index in [0.29, 0.717) is 5.76 Å². The lowest BCUT2D eigenvalue weighted by Gasteiger charge is -2.07. The van der Waals surface area contributed by atoms with Crippen LogP contribution in [0.2, 0.25) is 0 Å². The molecule has 0 amide bonds. The minimum Gasteiger partial charge on any atom is -0.468 e. The van der Waals surface area contributed by atoms with E-state index in [1.54, 1.807) is 18.2 Å². The number of ketones is 1. The van der Waals surface area contributed by atoms with Crippen LogP contribution in [0, 0.1) is 0 Å². The lowest BCUT2D eigenvalue weighted by atomic mass is 10.2. The minimum absolute atomic E-state index is 0.00795. The Morgan fingerprint density at radius 2 is 1.67 bits per heavy atom. The molecule has 0 spiro atoms. The highest BCUT2D eigenvalue weighted by atomic mass is 32.2. The molecule has 0 aliphatic rings. The Hall–Kier alpha value is -3.17. The molecular formula is C18H15NO7S. The summed E-state index contributed by atoms with van der Waals surface area (Å²) in [6, 6.07) is 11.5. The molecule has 8 nitrogen and oxygen atoms in total. The van der Waals surface area contributed by atoms with Crippen LogP contribution in [-0.4, -0.2) is 26.8 Å². The maximum Gasteiger partial charge on any atom is 0.338 e. The summed E-state index contributed by atoms with van der Waals surface area (Å²) in [5, 5.41) is 0. The molecular weight excluding hydrogens is 374 g/mol. The number of rotatable bonds is 8. The molecule has 27 heavy (non-hydrogen) atoms. The topological polar surface area (TPSA) is 116 Å². The Kier molecular flexibility index (Phi) is 5.53. The zero-order valence-corrected chi connectivity index (χ0v) is 14.8. The molecule has 0 saturated carbocycles. The van der Waals surface area contributed by atoms with Crippen molar-refractivity contribution in [2.45, 2.75) is 11.4 Å². The number of furan rings is 2. The zero-order valence-electron chi connectivity index (χ0n) is 14.0. The third kappa shape index (κ3) is 4.72. The molecule has 1 aromatic carbocycles. The number of Topliss-reactive ketones (excluding diaryl/α,β-unsaturated/α-hetero) is 1. The van der Waals surface area contributed by atoms with E-state index in [2.05, 4.69) is 4.72 Å². The van der Waals surface area contributed by atoms with Gasteiger partial charge in [-0.2, -0.15) is 0 Å². The van der Waals surface area contributed by atoms with E-state index in [4.69, 9.17) is 13.6 Å². The smallest absolute Gasteiger partial charge is 0.338 e. The monoisotopic (exact) mass is 389 g/mol. The summed E-state index contributed by atoms with van der Waals surface area (Å²) in [6.07, 6.45) is 2.79. The number of hydrogen-bond donors (Lipinski definition) is 1. The Morgan fingerprint density at radius 3 is 2.30 bits per heavy atom. The molecule has 2 heterocycles. The first-order chi connectivity index (χ1) is 13.0. The Bertz CT molecular complexity index is 1000. The van der Waals surface area contributed by atoms with Crippen LogP contribution < -0.4 is 4.72 Å². The summed E-state index contributed by atoms with van der Waals surface area (Å²) in [7, 11) is -3.76. The van der Waals surface area contributed by atoms with Crippen molar-refractivity contribution in [3.8, 4) is 0 Å². The quantitative estimate of drug-likeness (QED) is 0.464. The van der Waals surface area contributed by atoms with Gasteiger partial charge in [0.25, 0.3) is 0 Å². The summed E-state index contributed by atoms with van der Waals surface area (Å²) >= 11 is 0. The fraction of sp³-hybridized carbons (Fsp3) is 0.111. The standard InChI is InChI=1S/C18H15NO7S/c20-16(17-4-2-10-25-17)12-26-18(21)13-5-7-15(8-6-13)27(22,23)19-11-14-3-1-9-24-14/h1-10,19H,11-12H2. The molecule has 0 aliphatic carbocycles. The molecule has 0 radical (unpaired) electrons. The number of ether oxygens (including phenoxy) is 1. The SMILES string of the molecule is O=C(OCC(=O)c1ccco1)c1ccc(S(=O)(=O)NCc2ccco2)cc1. The summed E-state index contributed by atoms with van der Waals surface area (Å²) in [4.78, 5) is 23.7. The lowest BCUT2D eigenvalue weighted by Crippen LogP contribution is -2.23. The second-order valence-corrected chi connectivity index (χ2v) is 7.17. The Balaban J connectivity index is 1.58. The number of carbonyl (C=O) groups excluding carboxylic acids is 2. The Labute approximate surface area is 154 Å². The first-order valence-corrected chi connectivity index (χ1v) is 9.30. The van der Waals surface area contributed by atoms with Gasteiger partial charge in [-0.25, -0.2) is 17.9 Å². The molecule has 0 unspecified atom stereocenters. The van der Waals surface area contributed by atoms with Gasteiger partial charge >= 0.3 is 5.97 Å². The van der Waals surface area contributed by atoms with E-state index in [-0.39, 0.29) is 22.8 Å². The van der Waals surface area contributed by atoms with Crippen LogP contribution in [-0.2, 0) is 21.3 Å². The maximum atomic E-state index is 12.2. The van der Waals surface area contributed by atoms with Crippen molar-refractivity contribution < 1.29 is 31.6 Å². The maximum absolute atomic E-state index is 12.2. The van der Waals surface area contributed by atoms with Crippen molar-refractivity contribution in [2.75, 3.05) is 6.61 Å². The third-order valence-electron chi connectivity index (χ3n) is 3.55. The largest absolute Gasteiger partial charge is 0.468 e. The number of esters is 1. The molecule has 0 saturated heterocycles.